The number of nitro groups is 1. The lowest BCUT2D eigenvalue weighted by molar-refractivity contribution is -0.430. The smallest absolute Gasteiger partial charge is 0.242 e. The van der Waals surface area contributed by atoms with E-state index >= 15 is 0 Å². The van der Waals surface area contributed by atoms with Crippen molar-refractivity contribution in [2.24, 2.45) is 5.92 Å². The van der Waals surface area contributed by atoms with E-state index in [1.54, 1.807) is 6.08 Å². The topological polar surface area (TPSA) is 49.6 Å². The summed E-state index contributed by atoms with van der Waals surface area (Å²) < 4.78 is 0. The summed E-state index contributed by atoms with van der Waals surface area (Å²) >= 11 is 0. The molecular weight excluding hydrogens is 218 g/mol. The summed E-state index contributed by atoms with van der Waals surface area (Å²) in [6.45, 7) is 5.46. The van der Waals surface area contributed by atoms with Crippen LogP contribution in [0.15, 0.2) is 11.8 Å². The highest BCUT2D eigenvalue weighted by molar-refractivity contribution is 4.98. The Kier molecular flexibility index (Phi) is 4.12. The highest BCUT2D eigenvalue weighted by atomic mass is 16.6. The summed E-state index contributed by atoms with van der Waals surface area (Å²) in [5, 5.41) is 10.8. The van der Waals surface area contributed by atoms with Crippen molar-refractivity contribution >= 4 is 0 Å². The maximum Gasteiger partial charge on any atom is 0.242 e. The Morgan fingerprint density at radius 1 is 1.41 bits per heavy atom. The molecule has 0 bridgehead atoms. The van der Waals surface area contributed by atoms with Gasteiger partial charge in [0.25, 0.3) is 0 Å². The summed E-state index contributed by atoms with van der Waals surface area (Å²) in [7, 11) is 2.14. The third kappa shape index (κ3) is 3.51. The van der Waals surface area contributed by atoms with E-state index in [2.05, 4.69) is 16.8 Å². The summed E-state index contributed by atoms with van der Waals surface area (Å²) in [4.78, 5) is 15.3. The molecule has 0 saturated carbocycles. The molecule has 0 N–H and O–H groups in total. The lowest BCUT2D eigenvalue weighted by Gasteiger charge is -2.34. The van der Waals surface area contributed by atoms with Gasteiger partial charge in [-0.15, -0.1) is 0 Å². The first kappa shape index (κ1) is 12.5. The van der Waals surface area contributed by atoms with Gasteiger partial charge < -0.3 is 9.80 Å². The number of rotatable bonds is 3. The second kappa shape index (κ2) is 5.60. The van der Waals surface area contributed by atoms with Crippen LogP contribution in [0.3, 0.4) is 0 Å². The average molecular weight is 239 g/mol. The molecule has 1 aliphatic carbocycles. The van der Waals surface area contributed by atoms with E-state index in [9.17, 15) is 10.1 Å². The minimum Gasteiger partial charge on any atom is -0.304 e. The van der Waals surface area contributed by atoms with E-state index in [0.717, 1.165) is 45.6 Å². The van der Waals surface area contributed by atoms with Gasteiger partial charge in [-0.05, 0) is 31.9 Å². The largest absolute Gasteiger partial charge is 0.304 e. The Balaban J connectivity index is 1.80. The number of allylic oxidation sites excluding steroid dienone is 2. The van der Waals surface area contributed by atoms with Crippen LogP contribution in [0.5, 0.6) is 0 Å². The molecule has 96 valence electrons. The maximum absolute atomic E-state index is 10.8. The molecule has 1 aliphatic heterocycles. The molecule has 0 aromatic carbocycles. The molecule has 0 radical (unpaired) electrons. The SMILES string of the molecule is CN1CCN(C[C@H]2CCC=C([N+](=O)[O-])C2)CC1. The van der Waals surface area contributed by atoms with Crippen LogP contribution >= 0.6 is 0 Å². The van der Waals surface area contributed by atoms with Crippen molar-refractivity contribution in [1.29, 1.82) is 0 Å². The predicted molar refractivity (Wildman–Crippen MR) is 66.4 cm³/mol. The molecule has 5 heteroatoms. The van der Waals surface area contributed by atoms with Gasteiger partial charge in [-0.3, -0.25) is 10.1 Å². The van der Waals surface area contributed by atoms with Gasteiger partial charge in [0.15, 0.2) is 0 Å². The second-order valence-electron chi connectivity index (χ2n) is 5.20. The Labute approximate surface area is 102 Å². The summed E-state index contributed by atoms with van der Waals surface area (Å²) in [5.74, 6) is 0.476. The van der Waals surface area contributed by atoms with Crippen molar-refractivity contribution in [1.82, 2.24) is 9.80 Å². The zero-order chi connectivity index (χ0) is 12.3. The zero-order valence-corrected chi connectivity index (χ0v) is 10.5. The van der Waals surface area contributed by atoms with Crippen molar-refractivity contribution in [3.63, 3.8) is 0 Å². The average Bonchev–Trinajstić information content (AvgIpc) is 2.32. The second-order valence-corrected chi connectivity index (χ2v) is 5.20. The van der Waals surface area contributed by atoms with Crippen molar-refractivity contribution in [3.8, 4) is 0 Å². The zero-order valence-electron chi connectivity index (χ0n) is 10.5. The van der Waals surface area contributed by atoms with Crippen LogP contribution < -0.4 is 0 Å². The predicted octanol–water partition coefficient (Wildman–Crippen LogP) is 1.19. The molecule has 0 aromatic heterocycles. The Morgan fingerprint density at radius 3 is 2.76 bits per heavy atom. The first-order chi connectivity index (χ1) is 8.15. The molecule has 0 aromatic rings. The van der Waals surface area contributed by atoms with E-state index in [1.165, 1.54) is 0 Å². The van der Waals surface area contributed by atoms with Gasteiger partial charge in [0.05, 0.1) is 4.92 Å². The first-order valence-corrected chi connectivity index (χ1v) is 6.39. The number of piperazine rings is 1. The Bertz CT molecular complexity index is 309. The maximum atomic E-state index is 10.8. The van der Waals surface area contributed by atoms with Crippen molar-refractivity contribution in [2.45, 2.75) is 19.3 Å². The van der Waals surface area contributed by atoms with Gasteiger partial charge >= 0.3 is 0 Å². The Morgan fingerprint density at radius 2 is 2.12 bits per heavy atom. The lowest BCUT2D eigenvalue weighted by Crippen LogP contribution is -2.46. The lowest BCUT2D eigenvalue weighted by atomic mass is 9.91. The normalized spacial score (nSPS) is 27.8. The van der Waals surface area contributed by atoms with E-state index in [-0.39, 0.29) is 4.92 Å². The summed E-state index contributed by atoms with van der Waals surface area (Å²) in [5.41, 5.74) is 0.426. The molecule has 1 saturated heterocycles. The van der Waals surface area contributed by atoms with Crippen LogP contribution in [-0.2, 0) is 0 Å². The van der Waals surface area contributed by atoms with Gasteiger partial charge in [0, 0.05) is 39.1 Å². The van der Waals surface area contributed by atoms with E-state index in [1.807, 2.05) is 0 Å². The fraction of sp³-hybridized carbons (Fsp3) is 0.833. The number of likely N-dealkylation sites (N-methyl/N-ethyl adjacent to an activating group) is 1. The summed E-state index contributed by atoms with van der Waals surface area (Å²) in [6, 6.07) is 0. The minimum absolute atomic E-state index is 0.212. The molecule has 2 rings (SSSR count). The van der Waals surface area contributed by atoms with E-state index < -0.39 is 0 Å². The van der Waals surface area contributed by atoms with Crippen LogP contribution in [0.1, 0.15) is 19.3 Å². The molecule has 1 atom stereocenters. The van der Waals surface area contributed by atoms with Crippen LogP contribution in [-0.4, -0.2) is 54.5 Å². The molecule has 0 unspecified atom stereocenters. The standard InChI is InChI=1S/C12H21N3O2/c1-13-5-7-14(8-6-13)10-11-3-2-4-12(9-11)15(16)17/h4,11H,2-3,5-10H2,1H3/t11-/m0/s1. The van der Waals surface area contributed by atoms with Gasteiger partial charge in [-0.1, -0.05) is 0 Å². The van der Waals surface area contributed by atoms with Crippen LogP contribution in [0.4, 0.5) is 0 Å². The molecule has 1 fully saturated rings. The molecule has 0 amide bonds. The van der Waals surface area contributed by atoms with Gasteiger partial charge in [0.1, 0.15) is 0 Å². The summed E-state index contributed by atoms with van der Waals surface area (Å²) in [6.07, 6.45) is 4.41. The van der Waals surface area contributed by atoms with Crippen LogP contribution in [0.25, 0.3) is 0 Å². The quantitative estimate of drug-likeness (QED) is 0.548. The molecular formula is C12H21N3O2. The van der Waals surface area contributed by atoms with Gasteiger partial charge in [-0.2, -0.15) is 0 Å². The monoisotopic (exact) mass is 239 g/mol. The molecule has 5 nitrogen and oxygen atoms in total. The third-order valence-corrected chi connectivity index (χ3v) is 3.80. The van der Waals surface area contributed by atoms with Crippen molar-refractivity contribution in [2.75, 3.05) is 39.8 Å². The minimum atomic E-state index is -0.212. The third-order valence-electron chi connectivity index (χ3n) is 3.80. The van der Waals surface area contributed by atoms with Crippen molar-refractivity contribution in [3.05, 3.63) is 21.9 Å². The fourth-order valence-corrected chi connectivity index (χ4v) is 2.67. The van der Waals surface area contributed by atoms with Gasteiger partial charge in [-0.25, -0.2) is 0 Å². The van der Waals surface area contributed by atoms with E-state index in [4.69, 9.17) is 0 Å². The molecule has 0 spiro atoms. The number of nitrogens with zero attached hydrogens (tertiary/aromatic N) is 3. The molecule has 17 heavy (non-hydrogen) atoms. The fourth-order valence-electron chi connectivity index (χ4n) is 2.67. The molecule has 2 aliphatic rings. The molecule has 1 heterocycles. The Hall–Kier alpha value is -0.940. The number of hydrogen-bond donors (Lipinski definition) is 0. The first-order valence-electron chi connectivity index (χ1n) is 6.39. The highest BCUT2D eigenvalue weighted by Crippen LogP contribution is 2.25. The van der Waals surface area contributed by atoms with Crippen LogP contribution in [0.2, 0.25) is 0 Å². The highest BCUT2D eigenvalue weighted by Gasteiger charge is 2.25. The van der Waals surface area contributed by atoms with Crippen molar-refractivity contribution < 1.29 is 4.92 Å². The number of hydrogen-bond acceptors (Lipinski definition) is 4. The van der Waals surface area contributed by atoms with Crippen LogP contribution in [0, 0.1) is 16.0 Å². The van der Waals surface area contributed by atoms with E-state index in [0.29, 0.717) is 18.0 Å². The van der Waals surface area contributed by atoms with Gasteiger partial charge in [0.2, 0.25) is 5.70 Å².